The molecule has 0 aliphatic carbocycles. The molecule has 0 unspecified atom stereocenters. The summed E-state index contributed by atoms with van der Waals surface area (Å²) < 4.78 is 0. The Kier molecular flexibility index (Phi) is 5.02. The van der Waals surface area contributed by atoms with Crippen LogP contribution in [0.1, 0.15) is 25.5 Å². The average molecular weight is 281 g/mol. The monoisotopic (exact) mass is 280 g/mol. The van der Waals surface area contributed by atoms with E-state index in [1.807, 2.05) is 11.4 Å². The molecule has 0 radical (unpaired) electrons. The Balaban J connectivity index is 2.24. The average Bonchev–Trinajstić information content (AvgIpc) is 2.89. The number of alkyl halides is 1. The molecule has 96 valence electrons. The Morgan fingerprint density at radius 2 is 2.06 bits per heavy atom. The van der Waals surface area contributed by atoms with Crippen molar-refractivity contribution in [2.75, 3.05) is 11.4 Å². The van der Waals surface area contributed by atoms with Crippen LogP contribution in [0.5, 0.6) is 0 Å². The van der Waals surface area contributed by atoms with Crippen molar-refractivity contribution in [2.45, 2.75) is 25.6 Å². The smallest absolute Gasteiger partial charge is 0.190 e. The molecule has 2 aromatic rings. The Bertz CT molecular complexity index is 470. The molecule has 0 aliphatic rings. The van der Waals surface area contributed by atoms with Gasteiger partial charge in [-0.3, -0.25) is 0 Å². The Morgan fingerprint density at radius 1 is 1.28 bits per heavy atom. The van der Waals surface area contributed by atoms with Gasteiger partial charge in [-0.2, -0.15) is 0 Å². The van der Waals surface area contributed by atoms with Crippen LogP contribution in [0, 0.1) is 0 Å². The highest BCUT2D eigenvalue weighted by Gasteiger charge is 2.12. The molecule has 1 aromatic heterocycles. The zero-order chi connectivity index (χ0) is 12.8. The number of hydrogen-bond donors (Lipinski definition) is 0. The largest absolute Gasteiger partial charge is 0.318 e. The van der Waals surface area contributed by atoms with Crippen LogP contribution in [-0.4, -0.2) is 11.5 Å². The first-order valence-corrected chi connectivity index (χ1v) is 7.59. The third kappa shape index (κ3) is 3.24. The van der Waals surface area contributed by atoms with E-state index in [-0.39, 0.29) is 0 Å². The van der Waals surface area contributed by atoms with Gasteiger partial charge in [0.25, 0.3) is 0 Å². The lowest BCUT2D eigenvalue weighted by Crippen LogP contribution is -2.18. The van der Waals surface area contributed by atoms with Crippen LogP contribution in [0.3, 0.4) is 0 Å². The first-order chi connectivity index (χ1) is 8.85. The Labute approximate surface area is 117 Å². The second-order valence-corrected chi connectivity index (χ2v) is 5.20. The first kappa shape index (κ1) is 13.4. The molecule has 1 heterocycles. The molecule has 0 aliphatic heterocycles. The van der Waals surface area contributed by atoms with Gasteiger partial charge in [-0.25, -0.2) is 4.98 Å². The van der Waals surface area contributed by atoms with Gasteiger partial charge in [-0.1, -0.05) is 31.5 Å². The summed E-state index contributed by atoms with van der Waals surface area (Å²) in [5.74, 6) is 0.479. The molecule has 18 heavy (non-hydrogen) atoms. The number of halogens is 1. The third-order valence-electron chi connectivity index (χ3n) is 2.71. The number of unbranched alkanes of at least 4 members (excludes halogenated alkanes) is 1. The normalized spacial score (nSPS) is 10.6. The number of nitrogens with zero attached hydrogens (tertiary/aromatic N) is 2. The van der Waals surface area contributed by atoms with Crippen LogP contribution in [0.2, 0.25) is 0 Å². The zero-order valence-electron chi connectivity index (χ0n) is 10.5. The minimum Gasteiger partial charge on any atom is -0.318 e. The molecular formula is C14H17ClN2S. The predicted molar refractivity (Wildman–Crippen MR) is 80.0 cm³/mol. The summed E-state index contributed by atoms with van der Waals surface area (Å²) >= 11 is 7.48. The first-order valence-electron chi connectivity index (χ1n) is 6.18. The number of para-hydroxylation sites is 1. The maximum absolute atomic E-state index is 5.82. The van der Waals surface area contributed by atoms with Crippen LogP contribution >= 0.6 is 22.9 Å². The molecule has 0 atom stereocenters. The van der Waals surface area contributed by atoms with Crippen molar-refractivity contribution < 1.29 is 0 Å². The molecular weight excluding hydrogens is 264 g/mol. The molecule has 0 N–H and O–H groups in total. The van der Waals surface area contributed by atoms with Gasteiger partial charge in [0.15, 0.2) is 5.13 Å². The SMILES string of the molecule is CCCCN(c1ccccc1)c1nc(CCl)cs1. The van der Waals surface area contributed by atoms with Crippen LogP contribution in [0.4, 0.5) is 10.8 Å². The maximum Gasteiger partial charge on any atom is 0.190 e. The highest BCUT2D eigenvalue weighted by Crippen LogP contribution is 2.29. The lowest BCUT2D eigenvalue weighted by Gasteiger charge is -2.21. The number of benzene rings is 1. The molecule has 0 saturated carbocycles. The highest BCUT2D eigenvalue weighted by atomic mass is 35.5. The van der Waals surface area contributed by atoms with Crippen molar-refractivity contribution in [3.8, 4) is 0 Å². The third-order valence-corrected chi connectivity index (χ3v) is 3.90. The van der Waals surface area contributed by atoms with Gasteiger partial charge in [0.2, 0.25) is 0 Å². The van der Waals surface area contributed by atoms with Crippen molar-refractivity contribution in [3.63, 3.8) is 0 Å². The summed E-state index contributed by atoms with van der Waals surface area (Å²) in [7, 11) is 0. The van der Waals surface area contributed by atoms with E-state index in [1.54, 1.807) is 11.3 Å². The summed E-state index contributed by atoms with van der Waals surface area (Å²) in [6.45, 7) is 3.20. The topological polar surface area (TPSA) is 16.1 Å². The standard InChI is InChI=1S/C14H17ClN2S/c1-2-3-9-17(13-7-5-4-6-8-13)14-16-12(10-15)11-18-14/h4-8,11H,2-3,9-10H2,1H3. The molecule has 0 bridgehead atoms. The maximum atomic E-state index is 5.82. The van der Waals surface area contributed by atoms with E-state index in [2.05, 4.69) is 41.1 Å². The fourth-order valence-electron chi connectivity index (χ4n) is 1.74. The van der Waals surface area contributed by atoms with Crippen LogP contribution in [0.15, 0.2) is 35.7 Å². The lowest BCUT2D eigenvalue weighted by atomic mass is 10.2. The summed E-state index contributed by atoms with van der Waals surface area (Å²) in [6.07, 6.45) is 2.34. The Hall–Kier alpha value is -1.06. The molecule has 0 spiro atoms. The van der Waals surface area contributed by atoms with E-state index in [0.29, 0.717) is 5.88 Å². The van der Waals surface area contributed by atoms with Gasteiger partial charge in [0.05, 0.1) is 11.6 Å². The second kappa shape index (κ2) is 6.76. The van der Waals surface area contributed by atoms with Gasteiger partial charge in [-0.15, -0.1) is 22.9 Å². The molecule has 2 rings (SSSR count). The van der Waals surface area contributed by atoms with E-state index in [9.17, 15) is 0 Å². The van der Waals surface area contributed by atoms with Crippen LogP contribution in [0.25, 0.3) is 0 Å². The summed E-state index contributed by atoms with van der Waals surface area (Å²) in [5, 5.41) is 3.06. The number of thiazole rings is 1. The molecule has 2 nitrogen and oxygen atoms in total. The quantitative estimate of drug-likeness (QED) is 0.705. The van der Waals surface area contributed by atoms with E-state index < -0.39 is 0 Å². The minimum atomic E-state index is 0.479. The Morgan fingerprint density at radius 3 is 2.67 bits per heavy atom. The molecule has 0 amide bonds. The van der Waals surface area contributed by atoms with E-state index in [0.717, 1.165) is 23.8 Å². The highest BCUT2D eigenvalue weighted by molar-refractivity contribution is 7.13. The summed E-state index contributed by atoms with van der Waals surface area (Å²) in [5.41, 5.74) is 2.15. The predicted octanol–water partition coefficient (Wildman–Crippen LogP) is 4.82. The number of aromatic nitrogens is 1. The van der Waals surface area contributed by atoms with Gasteiger partial charge in [0, 0.05) is 17.6 Å². The van der Waals surface area contributed by atoms with Crippen LogP contribution < -0.4 is 4.90 Å². The minimum absolute atomic E-state index is 0.479. The molecule has 0 fully saturated rings. The number of anilines is 2. The van der Waals surface area contributed by atoms with E-state index >= 15 is 0 Å². The van der Waals surface area contributed by atoms with Gasteiger partial charge in [0.1, 0.15) is 0 Å². The van der Waals surface area contributed by atoms with E-state index in [1.165, 1.54) is 12.1 Å². The van der Waals surface area contributed by atoms with Crippen molar-refractivity contribution in [1.82, 2.24) is 4.98 Å². The zero-order valence-corrected chi connectivity index (χ0v) is 12.0. The fraction of sp³-hybridized carbons (Fsp3) is 0.357. The van der Waals surface area contributed by atoms with Crippen LogP contribution in [-0.2, 0) is 5.88 Å². The van der Waals surface area contributed by atoms with E-state index in [4.69, 9.17) is 11.6 Å². The van der Waals surface area contributed by atoms with Crippen molar-refractivity contribution in [2.24, 2.45) is 0 Å². The lowest BCUT2D eigenvalue weighted by molar-refractivity contribution is 0.783. The van der Waals surface area contributed by atoms with Gasteiger partial charge >= 0.3 is 0 Å². The number of hydrogen-bond acceptors (Lipinski definition) is 3. The summed E-state index contributed by atoms with van der Waals surface area (Å²) in [4.78, 5) is 6.84. The molecule has 1 aromatic carbocycles. The van der Waals surface area contributed by atoms with Gasteiger partial charge in [-0.05, 0) is 18.6 Å². The van der Waals surface area contributed by atoms with Gasteiger partial charge < -0.3 is 4.90 Å². The second-order valence-electron chi connectivity index (χ2n) is 4.10. The number of rotatable bonds is 6. The van der Waals surface area contributed by atoms with Crippen molar-refractivity contribution in [3.05, 3.63) is 41.4 Å². The molecule has 0 saturated heterocycles. The molecule has 4 heteroatoms. The van der Waals surface area contributed by atoms with Crippen molar-refractivity contribution in [1.29, 1.82) is 0 Å². The van der Waals surface area contributed by atoms with Crippen molar-refractivity contribution >= 4 is 33.8 Å². The fourth-order valence-corrected chi connectivity index (χ4v) is 2.84. The summed E-state index contributed by atoms with van der Waals surface area (Å²) in [6, 6.07) is 10.4.